The molecule has 0 radical (unpaired) electrons. The smallest absolute Gasteiger partial charge is 0.337 e. The summed E-state index contributed by atoms with van der Waals surface area (Å²) in [6.07, 6.45) is 7.99. The van der Waals surface area contributed by atoms with E-state index < -0.39 is 21.7 Å². The van der Waals surface area contributed by atoms with Gasteiger partial charge >= 0.3 is 5.97 Å². The molecule has 1 amide bonds. The van der Waals surface area contributed by atoms with Crippen LogP contribution in [0.3, 0.4) is 0 Å². The van der Waals surface area contributed by atoms with Crippen LogP contribution in [0.5, 0.6) is 0 Å². The minimum Gasteiger partial charge on any atom is -0.465 e. The second kappa shape index (κ2) is 11.5. The van der Waals surface area contributed by atoms with Crippen molar-refractivity contribution in [1.82, 2.24) is 9.78 Å². The van der Waals surface area contributed by atoms with Crippen LogP contribution in [0.25, 0.3) is 0 Å². The van der Waals surface area contributed by atoms with Gasteiger partial charge < -0.3 is 10.1 Å². The van der Waals surface area contributed by atoms with Gasteiger partial charge in [0.05, 0.1) is 35.1 Å². The fourth-order valence-corrected chi connectivity index (χ4v) is 6.13. The number of benzene rings is 2. The van der Waals surface area contributed by atoms with Gasteiger partial charge in [-0.1, -0.05) is 55.5 Å². The molecule has 4 rings (SSSR count). The predicted octanol–water partition coefficient (Wildman–Crippen LogP) is 5.08. The van der Waals surface area contributed by atoms with Crippen LogP contribution in [0.2, 0.25) is 5.02 Å². The van der Waals surface area contributed by atoms with Crippen molar-refractivity contribution in [2.45, 2.75) is 49.5 Å². The van der Waals surface area contributed by atoms with Gasteiger partial charge in [0.15, 0.2) is 15.7 Å². The Kier molecular flexibility index (Phi) is 8.34. The topological polar surface area (TPSA) is 107 Å². The summed E-state index contributed by atoms with van der Waals surface area (Å²) in [5, 5.41) is 7.52. The standard InChI is InChI=1S/C27H30ClN3O5S/c1-36-27(33)20-9-7-19(8-10-20)17-31-14-13-25(30-31)29-26(32)22(15-18-5-3-4-6-18)21-11-12-24(23(28)16-21)37(2,34)35/h7-14,16,18,22H,3-6,15,17H2,1-2H3,(H,29,30,32). The van der Waals surface area contributed by atoms with Gasteiger partial charge in [-0.15, -0.1) is 0 Å². The summed E-state index contributed by atoms with van der Waals surface area (Å²) < 4.78 is 30.4. The zero-order chi connectivity index (χ0) is 26.6. The molecule has 1 N–H and O–H groups in total. The number of hydrogen-bond acceptors (Lipinski definition) is 6. The molecule has 0 bridgehead atoms. The van der Waals surface area contributed by atoms with Crippen molar-refractivity contribution in [2.75, 3.05) is 18.7 Å². The molecule has 1 fully saturated rings. The second-order valence-corrected chi connectivity index (χ2v) is 11.9. The van der Waals surface area contributed by atoms with Gasteiger partial charge in [0.2, 0.25) is 5.91 Å². The van der Waals surface area contributed by atoms with E-state index in [0.717, 1.165) is 37.5 Å². The first-order valence-electron chi connectivity index (χ1n) is 12.1. The lowest BCUT2D eigenvalue weighted by molar-refractivity contribution is -0.118. The van der Waals surface area contributed by atoms with Crippen LogP contribution in [-0.2, 0) is 25.9 Å². The van der Waals surface area contributed by atoms with E-state index in [2.05, 4.69) is 10.4 Å². The van der Waals surface area contributed by atoms with Gasteiger partial charge in [0.1, 0.15) is 0 Å². The van der Waals surface area contributed by atoms with Crippen molar-refractivity contribution in [1.29, 1.82) is 0 Å². The molecule has 1 atom stereocenters. The SMILES string of the molecule is COC(=O)c1ccc(Cn2ccc(NC(=O)C(CC3CCCC3)c3ccc(S(C)(=O)=O)c(Cl)c3)n2)cc1. The fourth-order valence-electron chi connectivity index (χ4n) is 4.79. The molecule has 1 aliphatic carbocycles. The highest BCUT2D eigenvalue weighted by atomic mass is 35.5. The van der Waals surface area contributed by atoms with E-state index in [9.17, 15) is 18.0 Å². The first-order valence-corrected chi connectivity index (χ1v) is 14.4. The quantitative estimate of drug-likeness (QED) is 0.377. The first kappa shape index (κ1) is 26.9. The van der Waals surface area contributed by atoms with Gasteiger partial charge in [0.25, 0.3) is 0 Å². The molecule has 37 heavy (non-hydrogen) atoms. The van der Waals surface area contributed by atoms with Crippen LogP contribution in [0.1, 0.15) is 59.5 Å². The van der Waals surface area contributed by atoms with Crippen molar-refractivity contribution in [3.05, 3.63) is 76.4 Å². The maximum absolute atomic E-state index is 13.4. The Bertz CT molecular complexity index is 1380. The lowest BCUT2D eigenvalue weighted by Gasteiger charge is -2.21. The number of nitrogens with zero attached hydrogens (tertiary/aromatic N) is 2. The van der Waals surface area contributed by atoms with Crippen molar-refractivity contribution < 1.29 is 22.7 Å². The third-order valence-electron chi connectivity index (χ3n) is 6.73. The molecular weight excluding hydrogens is 514 g/mol. The molecule has 8 nitrogen and oxygen atoms in total. The van der Waals surface area contributed by atoms with Crippen LogP contribution < -0.4 is 5.32 Å². The Balaban J connectivity index is 1.49. The number of aromatic nitrogens is 2. The molecule has 1 heterocycles. The number of sulfone groups is 1. The molecule has 0 spiro atoms. The number of esters is 1. The normalized spacial score (nSPS) is 14.9. The predicted molar refractivity (Wildman–Crippen MR) is 142 cm³/mol. The molecule has 0 aliphatic heterocycles. The average Bonchev–Trinajstić information content (AvgIpc) is 3.53. The van der Waals surface area contributed by atoms with Crippen LogP contribution in [-0.4, -0.2) is 43.4 Å². The molecule has 1 unspecified atom stereocenters. The summed E-state index contributed by atoms with van der Waals surface area (Å²) in [6, 6.07) is 13.5. The molecule has 0 saturated heterocycles. The van der Waals surface area contributed by atoms with Crippen molar-refractivity contribution in [3.8, 4) is 0 Å². The Morgan fingerprint density at radius 2 is 1.84 bits per heavy atom. The molecule has 10 heteroatoms. The highest BCUT2D eigenvalue weighted by Gasteiger charge is 2.28. The molecule has 1 aliphatic rings. The lowest BCUT2D eigenvalue weighted by Crippen LogP contribution is -2.23. The molecule has 1 saturated carbocycles. The molecular formula is C27H30ClN3O5S. The molecule has 3 aromatic rings. The van der Waals surface area contributed by atoms with Gasteiger partial charge in [0, 0.05) is 18.5 Å². The monoisotopic (exact) mass is 543 g/mol. The van der Waals surface area contributed by atoms with Gasteiger partial charge in [-0.05, 0) is 47.7 Å². The largest absolute Gasteiger partial charge is 0.465 e. The zero-order valence-corrected chi connectivity index (χ0v) is 22.4. The summed E-state index contributed by atoms with van der Waals surface area (Å²) in [7, 11) is -2.13. The third-order valence-corrected chi connectivity index (χ3v) is 8.31. The number of anilines is 1. The molecule has 196 valence electrons. The first-order chi connectivity index (χ1) is 17.6. The molecule has 2 aromatic carbocycles. The van der Waals surface area contributed by atoms with E-state index >= 15 is 0 Å². The zero-order valence-electron chi connectivity index (χ0n) is 20.8. The summed E-state index contributed by atoms with van der Waals surface area (Å²) in [6.45, 7) is 0.464. The maximum Gasteiger partial charge on any atom is 0.337 e. The van der Waals surface area contributed by atoms with Gasteiger partial charge in [-0.2, -0.15) is 5.10 Å². The Morgan fingerprint density at radius 3 is 2.46 bits per heavy atom. The number of halogens is 1. The number of carbonyl (C=O) groups excluding carboxylic acids is 2. The van der Waals surface area contributed by atoms with Crippen LogP contribution >= 0.6 is 11.6 Å². The molecule has 1 aromatic heterocycles. The number of hydrogen-bond donors (Lipinski definition) is 1. The lowest BCUT2D eigenvalue weighted by atomic mass is 9.87. The van der Waals surface area contributed by atoms with Crippen molar-refractivity contribution in [3.63, 3.8) is 0 Å². The number of methoxy groups -OCH3 is 1. The van der Waals surface area contributed by atoms with E-state index in [1.807, 2.05) is 12.1 Å². The van der Waals surface area contributed by atoms with E-state index in [-0.39, 0.29) is 15.8 Å². The Labute approximate surface area is 221 Å². The highest BCUT2D eigenvalue weighted by Crippen LogP contribution is 2.36. The number of ether oxygens (including phenoxy) is 1. The second-order valence-electron chi connectivity index (χ2n) is 9.48. The van der Waals surface area contributed by atoms with E-state index in [1.54, 1.807) is 41.2 Å². The summed E-state index contributed by atoms with van der Waals surface area (Å²) >= 11 is 6.30. The summed E-state index contributed by atoms with van der Waals surface area (Å²) in [4.78, 5) is 25.1. The van der Waals surface area contributed by atoms with Crippen LogP contribution in [0.15, 0.2) is 59.6 Å². The third kappa shape index (κ3) is 6.78. The van der Waals surface area contributed by atoms with Crippen molar-refractivity contribution >= 4 is 39.1 Å². The summed E-state index contributed by atoms with van der Waals surface area (Å²) in [5.41, 5.74) is 2.10. The van der Waals surface area contributed by atoms with Gasteiger partial charge in [-0.3, -0.25) is 9.48 Å². The summed E-state index contributed by atoms with van der Waals surface area (Å²) in [5.74, 6) is -0.232. The van der Waals surface area contributed by atoms with E-state index in [1.165, 1.54) is 13.2 Å². The average molecular weight is 544 g/mol. The Morgan fingerprint density at radius 1 is 1.14 bits per heavy atom. The fraction of sp³-hybridized carbons (Fsp3) is 0.370. The minimum atomic E-state index is -3.47. The van der Waals surface area contributed by atoms with Gasteiger partial charge in [-0.25, -0.2) is 13.2 Å². The van der Waals surface area contributed by atoms with Crippen molar-refractivity contribution in [2.24, 2.45) is 5.92 Å². The van der Waals surface area contributed by atoms with E-state index in [4.69, 9.17) is 16.3 Å². The maximum atomic E-state index is 13.4. The number of nitrogens with one attached hydrogen (secondary N) is 1. The Hall–Kier alpha value is -3.17. The number of amides is 1. The van der Waals surface area contributed by atoms with Crippen LogP contribution in [0, 0.1) is 5.92 Å². The van der Waals surface area contributed by atoms with E-state index in [0.29, 0.717) is 35.8 Å². The minimum absolute atomic E-state index is 0.0521. The highest BCUT2D eigenvalue weighted by molar-refractivity contribution is 7.90. The van der Waals surface area contributed by atoms with Crippen LogP contribution in [0.4, 0.5) is 5.82 Å². The number of carbonyl (C=O) groups is 2. The number of rotatable bonds is 9.